The highest BCUT2D eigenvalue weighted by atomic mass is 16.5. The van der Waals surface area contributed by atoms with Gasteiger partial charge in [-0.3, -0.25) is 0 Å². The molecule has 28 heavy (non-hydrogen) atoms. The lowest BCUT2D eigenvalue weighted by Gasteiger charge is -2.11. The molecule has 0 saturated carbocycles. The molecule has 3 aromatic rings. The number of hydrogen-bond donors (Lipinski definition) is 2. The first-order valence-corrected chi connectivity index (χ1v) is 9.15. The molecule has 1 heterocycles. The van der Waals surface area contributed by atoms with Crippen molar-refractivity contribution in [1.29, 1.82) is 0 Å². The first-order chi connectivity index (χ1) is 13.6. The summed E-state index contributed by atoms with van der Waals surface area (Å²) in [6, 6.07) is 18.8. The highest BCUT2D eigenvalue weighted by Gasteiger charge is 2.10. The van der Waals surface area contributed by atoms with E-state index in [-0.39, 0.29) is 6.03 Å². The van der Waals surface area contributed by atoms with Crippen molar-refractivity contribution in [3.8, 4) is 11.4 Å². The van der Waals surface area contributed by atoms with Crippen molar-refractivity contribution in [1.82, 2.24) is 9.99 Å². The van der Waals surface area contributed by atoms with Gasteiger partial charge < -0.3 is 14.6 Å². The van der Waals surface area contributed by atoms with Crippen molar-refractivity contribution in [2.45, 2.75) is 20.8 Å². The number of hydrazone groups is 1. The minimum Gasteiger partial charge on any atom is -0.494 e. The number of carbonyl (C=O) groups excluding carboxylic acids is 1. The lowest BCUT2D eigenvalue weighted by molar-refractivity contribution is 0.252. The lowest BCUT2D eigenvalue weighted by atomic mass is 10.2. The predicted octanol–water partition coefficient (Wildman–Crippen LogP) is 4.65. The van der Waals surface area contributed by atoms with Crippen LogP contribution in [0.1, 0.15) is 23.9 Å². The summed E-state index contributed by atoms with van der Waals surface area (Å²) in [4.78, 5) is 11.9. The van der Waals surface area contributed by atoms with Gasteiger partial charge in [0, 0.05) is 28.3 Å². The number of aryl methyl sites for hydroxylation is 1. The maximum atomic E-state index is 11.9. The number of amides is 2. The van der Waals surface area contributed by atoms with Crippen LogP contribution >= 0.6 is 0 Å². The number of hydrogen-bond acceptors (Lipinski definition) is 3. The Kier molecular flexibility index (Phi) is 6.11. The average molecular weight is 376 g/mol. The van der Waals surface area contributed by atoms with Crippen LogP contribution in [0.25, 0.3) is 5.69 Å². The average Bonchev–Trinajstić information content (AvgIpc) is 2.97. The second kappa shape index (κ2) is 8.90. The standard InChI is InChI=1S/C22H24N4O2/c1-4-28-21-12-10-20(11-13-21)26-16(2)14-18(17(26)3)15-23-25-22(27)24-19-8-6-5-7-9-19/h5-15H,4H2,1-3H3,(H2,24,25,27)/b23-15+. The number of para-hydroxylation sites is 1. The number of aromatic nitrogens is 1. The molecule has 0 aliphatic heterocycles. The fraction of sp³-hybridized carbons (Fsp3) is 0.182. The van der Waals surface area contributed by atoms with E-state index in [1.807, 2.05) is 81.4 Å². The molecule has 0 bridgehead atoms. The lowest BCUT2D eigenvalue weighted by Crippen LogP contribution is -2.24. The maximum Gasteiger partial charge on any atom is 0.339 e. The maximum absolute atomic E-state index is 11.9. The van der Waals surface area contributed by atoms with Crippen LogP contribution in [0.2, 0.25) is 0 Å². The van der Waals surface area contributed by atoms with Gasteiger partial charge in [0.25, 0.3) is 0 Å². The highest BCUT2D eigenvalue weighted by Crippen LogP contribution is 2.22. The van der Waals surface area contributed by atoms with E-state index in [1.165, 1.54) is 0 Å². The molecule has 2 aromatic carbocycles. The van der Waals surface area contributed by atoms with Crippen molar-refractivity contribution in [2.24, 2.45) is 5.10 Å². The Labute approximate surface area is 164 Å². The van der Waals surface area contributed by atoms with Crippen molar-refractivity contribution < 1.29 is 9.53 Å². The topological polar surface area (TPSA) is 67.6 Å². The SMILES string of the molecule is CCOc1ccc(-n2c(C)cc(/C=N/NC(=O)Nc3ccccc3)c2C)cc1. The van der Waals surface area contributed by atoms with E-state index in [2.05, 4.69) is 20.4 Å². The van der Waals surface area contributed by atoms with Crippen LogP contribution in [0.4, 0.5) is 10.5 Å². The summed E-state index contributed by atoms with van der Waals surface area (Å²) in [6.45, 7) is 6.67. The molecule has 2 N–H and O–H groups in total. The van der Waals surface area contributed by atoms with Crippen LogP contribution in [-0.4, -0.2) is 23.4 Å². The molecular formula is C22H24N4O2. The second-order valence-electron chi connectivity index (χ2n) is 6.28. The Morgan fingerprint density at radius 3 is 2.50 bits per heavy atom. The predicted molar refractivity (Wildman–Crippen MR) is 113 cm³/mol. The monoisotopic (exact) mass is 376 g/mol. The van der Waals surface area contributed by atoms with E-state index in [4.69, 9.17) is 4.74 Å². The third-order valence-electron chi connectivity index (χ3n) is 4.28. The molecule has 0 aliphatic rings. The van der Waals surface area contributed by atoms with Gasteiger partial charge in [-0.25, -0.2) is 10.2 Å². The number of nitrogens with one attached hydrogen (secondary N) is 2. The molecule has 0 spiro atoms. The molecule has 0 atom stereocenters. The Morgan fingerprint density at radius 1 is 1.11 bits per heavy atom. The molecule has 6 heteroatoms. The summed E-state index contributed by atoms with van der Waals surface area (Å²) in [6.07, 6.45) is 1.65. The van der Waals surface area contributed by atoms with Gasteiger partial charge in [-0.2, -0.15) is 5.10 Å². The largest absolute Gasteiger partial charge is 0.494 e. The second-order valence-corrected chi connectivity index (χ2v) is 6.28. The summed E-state index contributed by atoms with van der Waals surface area (Å²) in [7, 11) is 0. The number of carbonyl (C=O) groups is 1. The molecule has 0 aliphatic carbocycles. The molecule has 0 fully saturated rings. The van der Waals surface area contributed by atoms with E-state index in [0.29, 0.717) is 12.3 Å². The van der Waals surface area contributed by atoms with Crippen LogP contribution in [0.15, 0.2) is 65.8 Å². The van der Waals surface area contributed by atoms with Crippen molar-refractivity contribution in [3.63, 3.8) is 0 Å². The molecule has 0 saturated heterocycles. The Hall–Kier alpha value is -3.54. The van der Waals surface area contributed by atoms with Crippen LogP contribution in [0, 0.1) is 13.8 Å². The molecule has 1 aromatic heterocycles. The van der Waals surface area contributed by atoms with Gasteiger partial charge in [0.2, 0.25) is 0 Å². The molecule has 2 amide bonds. The fourth-order valence-corrected chi connectivity index (χ4v) is 3.01. The van der Waals surface area contributed by atoms with Crippen LogP contribution in [0.5, 0.6) is 5.75 Å². The minimum absolute atomic E-state index is 0.386. The Balaban J connectivity index is 1.69. The van der Waals surface area contributed by atoms with Crippen molar-refractivity contribution in [3.05, 3.63) is 77.6 Å². The molecule has 0 radical (unpaired) electrons. The quantitative estimate of drug-likeness (QED) is 0.486. The van der Waals surface area contributed by atoms with E-state index in [9.17, 15) is 4.79 Å². The fourth-order valence-electron chi connectivity index (χ4n) is 3.01. The first-order valence-electron chi connectivity index (χ1n) is 9.15. The highest BCUT2D eigenvalue weighted by molar-refractivity contribution is 5.90. The minimum atomic E-state index is -0.386. The molecule has 0 unspecified atom stereocenters. The zero-order chi connectivity index (χ0) is 19.9. The van der Waals surface area contributed by atoms with Crippen molar-refractivity contribution >= 4 is 17.9 Å². The smallest absolute Gasteiger partial charge is 0.339 e. The third-order valence-corrected chi connectivity index (χ3v) is 4.28. The molecule has 144 valence electrons. The number of urea groups is 1. The third kappa shape index (κ3) is 4.59. The van der Waals surface area contributed by atoms with Crippen LogP contribution in [-0.2, 0) is 0 Å². The molecular weight excluding hydrogens is 352 g/mol. The Morgan fingerprint density at radius 2 is 1.82 bits per heavy atom. The number of benzene rings is 2. The summed E-state index contributed by atoms with van der Waals surface area (Å²) in [5, 5.41) is 6.78. The van der Waals surface area contributed by atoms with Crippen LogP contribution < -0.4 is 15.5 Å². The number of rotatable bonds is 6. The number of ether oxygens (including phenoxy) is 1. The first kappa shape index (κ1) is 19.2. The number of nitrogens with zero attached hydrogens (tertiary/aromatic N) is 2. The normalized spacial score (nSPS) is 10.8. The van der Waals surface area contributed by atoms with Gasteiger partial charge in [0.1, 0.15) is 5.75 Å². The van der Waals surface area contributed by atoms with E-state index >= 15 is 0 Å². The zero-order valence-electron chi connectivity index (χ0n) is 16.3. The number of anilines is 1. The summed E-state index contributed by atoms with van der Waals surface area (Å²) < 4.78 is 7.64. The van der Waals surface area contributed by atoms with Gasteiger partial charge in [-0.1, -0.05) is 18.2 Å². The van der Waals surface area contributed by atoms with E-state index in [0.717, 1.165) is 28.4 Å². The van der Waals surface area contributed by atoms with Gasteiger partial charge in [0.15, 0.2) is 0 Å². The van der Waals surface area contributed by atoms with Gasteiger partial charge in [-0.05, 0) is 63.2 Å². The zero-order valence-corrected chi connectivity index (χ0v) is 16.3. The van der Waals surface area contributed by atoms with Gasteiger partial charge >= 0.3 is 6.03 Å². The Bertz CT molecular complexity index is 960. The van der Waals surface area contributed by atoms with E-state index in [1.54, 1.807) is 6.21 Å². The van der Waals surface area contributed by atoms with Gasteiger partial charge in [0.05, 0.1) is 12.8 Å². The van der Waals surface area contributed by atoms with Crippen LogP contribution in [0.3, 0.4) is 0 Å². The summed E-state index contributed by atoms with van der Waals surface area (Å²) in [5.74, 6) is 0.851. The molecule has 3 rings (SSSR count). The molecule has 6 nitrogen and oxygen atoms in total. The summed E-state index contributed by atoms with van der Waals surface area (Å²) >= 11 is 0. The van der Waals surface area contributed by atoms with Gasteiger partial charge in [-0.15, -0.1) is 0 Å². The van der Waals surface area contributed by atoms with Crippen molar-refractivity contribution in [2.75, 3.05) is 11.9 Å². The summed E-state index contributed by atoms with van der Waals surface area (Å²) in [5.41, 5.74) is 7.31. The van der Waals surface area contributed by atoms with E-state index < -0.39 is 0 Å².